The van der Waals surface area contributed by atoms with Crippen LogP contribution in [0.25, 0.3) is 22.6 Å². The van der Waals surface area contributed by atoms with E-state index in [1.807, 2.05) is 78.9 Å². The lowest BCUT2D eigenvalue weighted by Crippen LogP contribution is -2.10. The molecule has 2 N–H and O–H groups in total. The molecule has 0 unspecified atom stereocenters. The molecule has 0 aliphatic rings. The smallest absolute Gasteiger partial charge is 0.130 e. The van der Waals surface area contributed by atoms with E-state index >= 15 is 0 Å². The summed E-state index contributed by atoms with van der Waals surface area (Å²) in [5.74, 6) is 0.773. The molecule has 0 amide bonds. The van der Waals surface area contributed by atoms with Gasteiger partial charge in [0.2, 0.25) is 0 Å². The number of halogens is 1. The van der Waals surface area contributed by atoms with Crippen molar-refractivity contribution >= 4 is 46.6 Å². The number of hydrazone groups is 1. The minimum absolute atomic E-state index is 0.400. The Labute approximate surface area is 197 Å². The van der Waals surface area contributed by atoms with Gasteiger partial charge < -0.3 is 15.6 Å². The summed E-state index contributed by atoms with van der Waals surface area (Å²) in [4.78, 5) is 4.66. The largest absolute Gasteiger partial charge is 0.487 e. The van der Waals surface area contributed by atoms with Crippen LogP contribution in [0.5, 0.6) is 5.75 Å². The highest BCUT2D eigenvalue weighted by atomic mass is 35.5. The first kappa shape index (κ1) is 22.2. The lowest BCUT2D eigenvalue weighted by atomic mass is 10.0. The number of aromatic nitrogens is 1. The zero-order chi connectivity index (χ0) is 22.9. The number of hydrogen-bond donors (Lipinski definition) is 2. The Morgan fingerprint density at radius 1 is 0.970 bits per heavy atom. The van der Waals surface area contributed by atoms with Crippen LogP contribution in [0.15, 0.2) is 90.0 Å². The van der Waals surface area contributed by atoms with Gasteiger partial charge in [0.25, 0.3) is 0 Å². The molecule has 0 spiro atoms. The van der Waals surface area contributed by atoms with Gasteiger partial charge in [-0.1, -0.05) is 60.1 Å². The van der Waals surface area contributed by atoms with Gasteiger partial charge in [0.15, 0.2) is 0 Å². The zero-order valence-electron chi connectivity index (χ0n) is 17.9. The van der Waals surface area contributed by atoms with Gasteiger partial charge in [-0.2, -0.15) is 5.10 Å². The van der Waals surface area contributed by atoms with Crippen molar-refractivity contribution in [2.45, 2.75) is 6.61 Å². The van der Waals surface area contributed by atoms with Gasteiger partial charge in [-0.05, 0) is 59.2 Å². The summed E-state index contributed by atoms with van der Waals surface area (Å²) in [6, 6.07) is 27.7. The van der Waals surface area contributed by atoms with Crippen molar-refractivity contribution in [3.8, 4) is 5.75 Å². The molecule has 1 aromatic heterocycles. The number of para-hydroxylation sites is 1. The fourth-order valence-electron chi connectivity index (χ4n) is 3.33. The number of hydrogen-bond acceptors (Lipinski definition) is 5. The van der Waals surface area contributed by atoms with E-state index in [9.17, 15) is 0 Å². The molecule has 0 atom stereocenters. The van der Waals surface area contributed by atoms with E-state index in [1.165, 1.54) is 6.21 Å². The van der Waals surface area contributed by atoms with Crippen LogP contribution in [0.2, 0.25) is 5.02 Å². The molecule has 0 aliphatic heterocycles. The second-order valence-corrected chi connectivity index (χ2v) is 7.75. The first-order valence-corrected chi connectivity index (χ1v) is 10.9. The first-order valence-electron chi connectivity index (χ1n) is 10.5. The van der Waals surface area contributed by atoms with Crippen LogP contribution >= 0.6 is 11.6 Å². The number of fused-ring (bicyclic) bond motifs is 1. The molecule has 164 valence electrons. The third-order valence-corrected chi connectivity index (χ3v) is 5.24. The van der Waals surface area contributed by atoms with E-state index in [4.69, 9.17) is 21.7 Å². The SMILES string of the molecule is N=C/C=N\NC/C(=C/c1ccc(Cl)cc1)c1ccc(OCc2ccc3ccccc3n2)cc1. The van der Waals surface area contributed by atoms with Crippen LogP contribution in [0, 0.1) is 5.41 Å². The number of benzene rings is 3. The summed E-state index contributed by atoms with van der Waals surface area (Å²) in [6.07, 6.45) is 4.61. The number of pyridine rings is 1. The Morgan fingerprint density at radius 3 is 2.55 bits per heavy atom. The molecule has 1 heterocycles. The Kier molecular flexibility index (Phi) is 7.46. The van der Waals surface area contributed by atoms with E-state index in [0.29, 0.717) is 18.2 Å². The summed E-state index contributed by atoms with van der Waals surface area (Å²) in [5.41, 5.74) is 7.94. The molecule has 4 rings (SSSR count). The van der Waals surface area contributed by atoms with Crippen molar-refractivity contribution in [2.24, 2.45) is 5.10 Å². The second-order valence-electron chi connectivity index (χ2n) is 7.31. The molecule has 5 nitrogen and oxygen atoms in total. The lowest BCUT2D eigenvalue weighted by molar-refractivity contribution is 0.302. The second kappa shape index (κ2) is 11.1. The molecule has 0 aliphatic carbocycles. The van der Waals surface area contributed by atoms with Gasteiger partial charge in [0.05, 0.1) is 24.0 Å². The van der Waals surface area contributed by atoms with Crippen molar-refractivity contribution in [1.29, 1.82) is 5.41 Å². The highest BCUT2D eigenvalue weighted by Gasteiger charge is 2.05. The molecule has 0 radical (unpaired) electrons. The van der Waals surface area contributed by atoms with E-state index in [0.717, 1.165) is 45.3 Å². The molecule has 4 aromatic rings. The van der Waals surface area contributed by atoms with Crippen LogP contribution in [0.1, 0.15) is 16.8 Å². The average molecular weight is 455 g/mol. The quantitative estimate of drug-likeness (QED) is 0.179. The van der Waals surface area contributed by atoms with Gasteiger partial charge in [0.1, 0.15) is 12.4 Å². The fraction of sp³-hybridized carbons (Fsp3) is 0.0741. The van der Waals surface area contributed by atoms with Gasteiger partial charge in [-0.25, -0.2) is 4.98 Å². The molecular weight excluding hydrogens is 432 g/mol. The van der Waals surface area contributed by atoms with Gasteiger partial charge >= 0.3 is 0 Å². The van der Waals surface area contributed by atoms with E-state index in [-0.39, 0.29) is 0 Å². The van der Waals surface area contributed by atoms with Crippen molar-refractivity contribution < 1.29 is 4.74 Å². The highest BCUT2D eigenvalue weighted by molar-refractivity contribution is 6.30. The van der Waals surface area contributed by atoms with Crippen molar-refractivity contribution in [2.75, 3.05) is 6.54 Å². The molecule has 0 bridgehead atoms. The first-order chi connectivity index (χ1) is 16.2. The van der Waals surface area contributed by atoms with E-state index in [2.05, 4.69) is 27.7 Å². The third-order valence-electron chi connectivity index (χ3n) is 4.99. The summed E-state index contributed by atoms with van der Waals surface area (Å²) < 4.78 is 5.96. The number of nitrogens with zero attached hydrogens (tertiary/aromatic N) is 2. The van der Waals surface area contributed by atoms with Gasteiger partial charge in [-0.15, -0.1) is 0 Å². The Bertz CT molecular complexity index is 1280. The van der Waals surface area contributed by atoms with E-state index < -0.39 is 0 Å². The summed E-state index contributed by atoms with van der Waals surface area (Å²) >= 11 is 6.01. The zero-order valence-corrected chi connectivity index (χ0v) is 18.7. The average Bonchev–Trinajstić information content (AvgIpc) is 2.86. The molecule has 6 heteroatoms. The van der Waals surface area contributed by atoms with Crippen molar-refractivity contribution in [3.05, 3.63) is 107 Å². The Hall–Kier alpha value is -3.96. The van der Waals surface area contributed by atoms with Gasteiger partial charge in [0, 0.05) is 16.6 Å². The molecule has 3 aromatic carbocycles. The predicted octanol–water partition coefficient (Wildman–Crippen LogP) is 6.23. The lowest BCUT2D eigenvalue weighted by Gasteiger charge is -2.11. The van der Waals surface area contributed by atoms with Crippen molar-refractivity contribution in [1.82, 2.24) is 10.4 Å². The van der Waals surface area contributed by atoms with Crippen LogP contribution in [0.3, 0.4) is 0 Å². The minimum Gasteiger partial charge on any atom is -0.487 e. The number of nitrogens with one attached hydrogen (secondary N) is 2. The van der Waals surface area contributed by atoms with Crippen LogP contribution in [-0.2, 0) is 6.61 Å². The molecule has 0 fully saturated rings. The number of ether oxygens (including phenoxy) is 1. The Morgan fingerprint density at radius 2 is 1.76 bits per heavy atom. The monoisotopic (exact) mass is 454 g/mol. The van der Waals surface area contributed by atoms with Crippen molar-refractivity contribution in [3.63, 3.8) is 0 Å². The third kappa shape index (κ3) is 6.28. The maximum atomic E-state index is 7.06. The maximum Gasteiger partial charge on any atom is 0.130 e. The van der Waals surface area contributed by atoms with Crippen LogP contribution in [-0.4, -0.2) is 24.0 Å². The fourth-order valence-corrected chi connectivity index (χ4v) is 3.45. The molecular formula is C27H23ClN4O. The topological polar surface area (TPSA) is 70.4 Å². The summed E-state index contributed by atoms with van der Waals surface area (Å²) in [5, 5.41) is 12.9. The molecule has 0 saturated heterocycles. The Balaban J connectivity index is 1.47. The molecule has 0 saturated carbocycles. The maximum absolute atomic E-state index is 7.06. The van der Waals surface area contributed by atoms with Crippen LogP contribution < -0.4 is 10.2 Å². The molecule has 33 heavy (non-hydrogen) atoms. The summed E-state index contributed by atoms with van der Waals surface area (Å²) in [7, 11) is 0. The predicted molar refractivity (Wildman–Crippen MR) is 137 cm³/mol. The minimum atomic E-state index is 0.400. The number of rotatable bonds is 9. The highest BCUT2D eigenvalue weighted by Crippen LogP contribution is 2.23. The normalized spacial score (nSPS) is 11.6. The van der Waals surface area contributed by atoms with E-state index in [1.54, 1.807) is 0 Å². The summed E-state index contributed by atoms with van der Waals surface area (Å²) in [6.45, 7) is 0.908. The van der Waals surface area contributed by atoms with Crippen LogP contribution in [0.4, 0.5) is 0 Å². The standard InChI is InChI=1S/C27H23ClN4O/c28-24-10-5-20(6-11-24)17-23(18-31-30-16-15-29)21-8-13-26(14-9-21)33-19-25-12-7-22-3-1-2-4-27(22)32-25/h1-17,29,31H,18-19H2/b23-17-,29-15?,30-16-. The van der Waals surface area contributed by atoms with Gasteiger partial charge in [-0.3, -0.25) is 0 Å².